The van der Waals surface area contributed by atoms with Crippen molar-refractivity contribution in [3.05, 3.63) is 59.7 Å². The molecule has 2 rings (SSSR count). The molecule has 4 N–H and O–H groups in total. The van der Waals surface area contributed by atoms with E-state index in [2.05, 4.69) is 10.6 Å². The van der Waals surface area contributed by atoms with E-state index in [1.165, 1.54) is 14.2 Å². The summed E-state index contributed by atoms with van der Waals surface area (Å²) in [5.41, 5.74) is 1.60. The molecule has 0 aliphatic heterocycles. The van der Waals surface area contributed by atoms with Gasteiger partial charge in [0, 0.05) is 6.42 Å². The van der Waals surface area contributed by atoms with Crippen LogP contribution in [-0.2, 0) is 32.0 Å². The van der Waals surface area contributed by atoms with Crippen molar-refractivity contribution in [1.82, 2.24) is 10.6 Å². The fraction of sp³-hybridized carbons (Fsp3) is 0.348. The van der Waals surface area contributed by atoms with Crippen LogP contribution in [0.4, 0.5) is 0 Å². The number of carbonyl (C=O) groups is 3. The molecule has 0 heterocycles. The van der Waals surface area contributed by atoms with Crippen molar-refractivity contribution in [2.75, 3.05) is 20.8 Å². The average Bonchev–Trinajstić information content (AvgIpc) is 2.78. The first-order chi connectivity index (χ1) is 15.3. The number of phenolic OH excluding ortho intramolecular Hbond substituents is 1. The molecule has 0 radical (unpaired) electrons. The zero-order valence-corrected chi connectivity index (χ0v) is 18.0. The van der Waals surface area contributed by atoms with Gasteiger partial charge in [-0.1, -0.05) is 36.4 Å². The molecule has 0 bridgehead atoms. The Morgan fingerprint density at radius 2 is 1.72 bits per heavy atom. The minimum absolute atomic E-state index is 0.00772. The summed E-state index contributed by atoms with van der Waals surface area (Å²) in [6.45, 7) is 0.276. The van der Waals surface area contributed by atoms with E-state index in [0.29, 0.717) is 12.2 Å². The number of methoxy groups -OCH3 is 2. The van der Waals surface area contributed by atoms with Crippen molar-refractivity contribution in [3.63, 3.8) is 0 Å². The van der Waals surface area contributed by atoms with E-state index in [9.17, 15) is 24.6 Å². The van der Waals surface area contributed by atoms with Gasteiger partial charge in [-0.3, -0.25) is 9.59 Å². The monoisotopic (exact) mass is 444 g/mol. The largest absolute Gasteiger partial charge is 0.504 e. The molecule has 0 aliphatic carbocycles. The molecule has 1 amide bonds. The molecule has 2 atom stereocenters. The molecule has 0 spiro atoms. The molecule has 0 saturated heterocycles. The topological polar surface area (TPSA) is 134 Å². The van der Waals surface area contributed by atoms with Gasteiger partial charge in [0.1, 0.15) is 6.04 Å². The summed E-state index contributed by atoms with van der Waals surface area (Å²) >= 11 is 0. The molecular weight excluding hydrogens is 416 g/mol. The number of carbonyl (C=O) groups excluding carboxylic acids is 2. The molecule has 2 unspecified atom stereocenters. The Balaban J connectivity index is 2.02. The number of rotatable bonds is 12. The number of aliphatic carboxylic acids is 1. The Labute approximate surface area is 186 Å². The third-order valence-electron chi connectivity index (χ3n) is 4.83. The van der Waals surface area contributed by atoms with Crippen molar-refractivity contribution >= 4 is 17.8 Å². The van der Waals surface area contributed by atoms with Crippen LogP contribution in [0.2, 0.25) is 0 Å². The number of hydrogen-bond acceptors (Lipinski definition) is 7. The van der Waals surface area contributed by atoms with Gasteiger partial charge in [-0.25, -0.2) is 4.79 Å². The molecule has 2 aromatic carbocycles. The van der Waals surface area contributed by atoms with Crippen LogP contribution >= 0.6 is 0 Å². The van der Waals surface area contributed by atoms with Gasteiger partial charge in [0.15, 0.2) is 11.5 Å². The van der Waals surface area contributed by atoms with Crippen molar-refractivity contribution < 1.29 is 34.1 Å². The second-order valence-corrected chi connectivity index (χ2v) is 7.13. The second-order valence-electron chi connectivity index (χ2n) is 7.13. The fourth-order valence-corrected chi connectivity index (χ4v) is 3.17. The minimum atomic E-state index is -1.16. The highest BCUT2D eigenvalue weighted by molar-refractivity contribution is 5.90. The van der Waals surface area contributed by atoms with Crippen molar-refractivity contribution in [2.45, 2.75) is 31.3 Å². The van der Waals surface area contributed by atoms with Gasteiger partial charge >= 0.3 is 11.9 Å². The molecule has 172 valence electrons. The van der Waals surface area contributed by atoms with Gasteiger partial charge in [0.25, 0.3) is 0 Å². The van der Waals surface area contributed by atoms with Gasteiger partial charge < -0.3 is 30.3 Å². The number of aromatic hydroxyl groups is 1. The van der Waals surface area contributed by atoms with Gasteiger partial charge in [0.2, 0.25) is 5.91 Å². The number of carboxylic acids is 1. The van der Waals surface area contributed by atoms with Crippen LogP contribution in [0, 0.1) is 0 Å². The highest BCUT2D eigenvalue weighted by Crippen LogP contribution is 2.26. The Morgan fingerprint density at radius 1 is 1.00 bits per heavy atom. The van der Waals surface area contributed by atoms with E-state index < -0.39 is 36.4 Å². The first kappa shape index (κ1) is 24.7. The van der Waals surface area contributed by atoms with Crippen LogP contribution < -0.4 is 15.4 Å². The first-order valence-corrected chi connectivity index (χ1v) is 10.1. The van der Waals surface area contributed by atoms with Gasteiger partial charge in [0.05, 0.1) is 26.7 Å². The quantitative estimate of drug-likeness (QED) is 0.360. The minimum Gasteiger partial charge on any atom is -0.504 e. The average molecular weight is 444 g/mol. The highest BCUT2D eigenvalue weighted by atomic mass is 16.5. The van der Waals surface area contributed by atoms with Crippen LogP contribution in [-0.4, -0.2) is 60.9 Å². The second kappa shape index (κ2) is 12.3. The lowest BCUT2D eigenvalue weighted by molar-refractivity contribution is -0.145. The van der Waals surface area contributed by atoms with E-state index in [1.807, 2.05) is 30.3 Å². The molecule has 0 aromatic heterocycles. The van der Waals surface area contributed by atoms with E-state index in [0.717, 1.165) is 11.1 Å². The lowest BCUT2D eigenvalue weighted by Crippen LogP contribution is -2.52. The lowest BCUT2D eigenvalue weighted by atomic mass is 10.0. The summed E-state index contributed by atoms with van der Waals surface area (Å²) in [5, 5.41) is 24.6. The van der Waals surface area contributed by atoms with Crippen LogP contribution in [0.1, 0.15) is 17.5 Å². The third-order valence-corrected chi connectivity index (χ3v) is 4.83. The van der Waals surface area contributed by atoms with Crippen molar-refractivity contribution in [2.24, 2.45) is 0 Å². The van der Waals surface area contributed by atoms with Gasteiger partial charge in [-0.2, -0.15) is 0 Å². The number of nitrogens with one attached hydrogen (secondary N) is 2. The molecule has 0 aliphatic rings. The van der Waals surface area contributed by atoms with E-state index in [4.69, 9.17) is 9.47 Å². The summed E-state index contributed by atoms with van der Waals surface area (Å²) in [6, 6.07) is 12.0. The van der Waals surface area contributed by atoms with Crippen LogP contribution in [0.15, 0.2) is 48.5 Å². The van der Waals surface area contributed by atoms with Gasteiger partial charge in [-0.15, -0.1) is 0 Å². The van der Waals surface area contributed by atoms with Crippen molar-refractivity contribution in [3.8, 4) is 11.5 Å². The molecular formula is C23H28N2O7. The standard InChI is InChI=1S/C23H28N2O7/c1-31-20-9-8-16(13-19(20)26)10-11-24-17(14-21(27)28)22(29)25-18(23(30)32-2)12-15-6-4-3-5-7-15/h3-9,13,17-18,24,26H,10-12,14H2,1-2H3,(H,25,29)(H,27,28). The predicted molar refractivity (Wildman–Crippen MR) is 116 cm³/mol. The summed E-state index contributed by atoms with van der Waals surface area (Å²) in [5.74, 6) is -2.05. The number of ether oxygens (including phenoxy) is 2. The molecule has 9 nitrogen and oxygen atoms in total. The number of carboxylic acid groups (broad SMARTS) is 1. The van der Waals surface area contributed by atoms with Crippen LogP contribution in [0.25, 0.3) is 0 Å². The van der Waals surface area contributed by atoms with E-state index in [1.54, 1.807) is 18.2 Å². The maximum atomic E-state index is 12.8. The smallest absolute Gasteiger partial charge is 0.328 e. The number of hydrogen-bond donors (Lipinski definition) is 4. The van der Waals surface area contributed by atoms with Crippen LogP contribution in [0.3, 0.4) is 0 Å². The number of benzene rings is 2. The molecule has 0 fully saturated rings. The SMILES string of the molecule is COC(=O)C(Cc1ccccc1)NC(=O)C(CC(=O)O)NCCc1ccc(OC)c(O)c1. The van der Waals surface area contributed by atoms with Gasteiger partial charge in [-0.05, 0) is 36.2 Å². The summed E-state index contributed by atoms with van der Waals surface area (Å²) in [6.07, 6.45) is 0.189. The normalized spacial score (nSPS) is 12.4. The Hall–Kier alpha value is -3.59. The first-order valence-electron chi connectivity index (χ1n) is 10.1. The van der Waals surface area contributed by atoms with Crippen LogP contribution in [0.5, 0.6) is 11.5 Å². The summed E-state index contributed by atoms with van der Waals surface area (Å²) in [7, 11) is 2.68. The Bertz CT molecular complexity index is 918. The van der Waals surface area contributed by atoms with Crippen molar-refractivity contribution in [1.29, 1.82) is 0 Å². The summed E-state index contributed by atoms with van der Waals surface area (Å²) in [4.78, 5) is 36.2. The maximum Gasteiger partial charge on any atom is 0.328 e. The zero-order chi connectivity index (χ0) is 23.5. The number of amides is 1. The van der Waals surface area contributed by atoms with E-state index >= 15 is 0 Å². The fourth-order valence-electron chi connectivity index (χ4n) is 3.17. The predicted octanol–water partition coefficient (Wildman–Crippen LogP) is 1.28. The summed E-state index contributed by atoms with van der Waals surface area (Å²) < 4.78 is 9.80. The Morgan fingerprint density at radius 3 is 2.31 bits per heavy atom. The highest BCUT2D eigenvalue weighted by Gasteiger charge is 2.27. The lowest BCUT2D eigenvalue weighted by Gasteiger charge is -2.21. The molecule has 32 heavy (non-hydrogen) atoms. The molecule has 9 heteroatoms. The molecule has 2 aromatic rings. The number of phenols is 1. The third kappa shape index (κ3) is 7.59. The molecule has 0 saturated carbocycles. The van der Waals surface area contributed by atoms with E-state index in [-0.39, 0.29) is 18.7 Å². The number of esters is 1. The maximum absolute atomic E-state index is 12.8. The zero-order valence-electron chi connectivity index (χ0n) is 18.0. The Kier molecular flexibility index (Phi) is 9.49.